The molecule has 9 nitrogen and oxygen atoms in total. The maximum atomic E-state index is 13.4. The molecular weight excluding hydrogens is 533 g/mol. The van der Waals surface area contributed by atoms with E-state index in [9.17, 15) is 13.2 Å². The van der Waals surface area contributed by atoms with Crippen LogP contribution >= 0.6 is 23.2 Å². The molecule has 0 aromatic heterocycles. The second kappa shape index (κ2) is 9.34. The number of nitrogens with one attached hydrogen (secondary N) is 1. The highest BCUT2D eigenvalue weighted by Gasteiger charge is 2.65. The maximum absolute atomic E-state index is 13.4. The number of hydrogen-bond donors (Lipinski definition) is 1. The predicted octanol–water partition coefficient (Wildman–Crippen LogP) is 4.04. The first kappa shape index (κ1) is 25.3. The number of benzene rings is 1. The lowest BCUT2D eigenvalue weighted by Gasteiger charge is -2.36. The van der Waals surface area contributed by atoms with E-state index >= 15 is 0 Å². The first-order valence-electron chi connectivity index (χ1n) is 12.6. The van der Waals surface area contributed by atoms with Gasteiger partial charge in [0.1, 0.15) is 23.2 Å². The van der Waals surface area contributed by atoms with Crippen molar-refractivity contribution in [3.63, 3.8) is 0 Å². The number of hydrogen-bond acceptors (Lipinski definition) is 8. The Kier molecular flexibility index (Phi) is 6.57. The molecule has 2 aliphatic carbocycles. The molecule has 1 amide bonds. The number of amides is 1. The molecule has 0 bridgehead atoms. The van der Waals surface area contributed by atoms with Crippen LogP contribution in [-0.2, 0) is 38.5 Å². The maximum Gasteiger partial charge on any atom is 0.265 e. The van der Waals surface area contributed by atoms with Crippen molar-refractivity contribution in [2.24, 2.45) is 0 Å². The Balaban J connectivity index is 1.29. The van der Waals surface area contributed by atoms with Crippen LogP contribution in [0.15, 0.2) is 23.1 Å². The van der Waals surface area contributed by atoms with Gasteiger partial charge in [-0.2, -0.15) is 0 Å². The summed E-state index contributed by atoms with van der Waals surface area (Å²) in [5.74, 6) is -2.51. The topological polar surface area (TPSA) is 109 Å². The van der Waals surface area contributed by atoms with Crippen LogP contribution in [0, 0.1) is 0 Å². The highest BCUT2D eigenvalue weighted by molar-refractivity contribution is 7.90. The molecule has 5 unspecified atom stereocenters. The second-order valence-electron chi connectivity index (χ2n) is 10.3. The van der Waals surface area contributed by atoms with Crippen LogP contribution in [0.3, 0.4) is 0 Å². The molecule has 1 aromatic rings. The average molecular weight is 562 g/mol. The van der Waals surface area contributed by atoms with E-state index in [1.165, 1.54) is 18.2 Å². The normalized spacial score (nSPS) is 34.9. The van der Waals surface area contributed by atoms with E-state index in [4.69, 9.17) is 46.9 Å². The number of ether oxygens (including phenoxy) is 5. The quantitative estimate of drug-likeness (QED) is 0.588. The van der Waals surface area contributed by atoms with Crippen LogP contribution in [0.5, 0.6) is 0 Å². The van der Waals surface area contributed by atoms with Gasteiger partial charge < -0.3 is 23.7 Å². The predicted molar refractivity (Wildman–Crippen MR) is 128 cm³/mol. The van der Waals surface area contributed by atoms with Gasteiger partial charge >= 0.3 is 0 Å². The first-order chi connectivity index (χ1) is 17.2. The molecule has 5 fully saturated rings. The standard InChI is InChI=1S/C24H29Cl2NO8S/c25-14-8-7-9-15(16(14)26)36(29,30)27-21(28)19-17-18(33-23(32-17)10-3-1-4-11-23)20-22(31-19)35-24(34-20)12-5-2-6-13-24/h7-9,17-20,22H,1-6,10-13H2,(H,27,28). The Labute approximate surface area is 220 Å². The molecule has 1 N–H and O–H groups in total. The van der Waals surface area contributed by atoms with Crippen LogP contribution < -0.4 is 4.72 Å². The average Bonchev–Trinajstić information content (AvgIpc) is 3.38. The molecule has 36 heavy (non-hydrogen) atoms. The van der Waals surface area contributed by atoms with Crippen molar-refractivity contribution in [1.82, 2.24) is 4.72 Å². The Bertz CT molecular complexity index is 1130. The van der Waals surface area contributed by atoms with E-state index in [-0.39, 0.29) is 14.9 Å². The van der Waals surface area contributed by atoms with Gasteiger partial charge in [-0.15, -0.1) is 0 Å². The van der Waals surface area contributed by atoms with Gasteiger partial charge in [0, 0.05) is 25.7 Å². The minimum absolute atomic E-state index is 0.0601. The number of carbonyl (C=O) groups is 1. The zero-order valence-electron chi connectivity index (χ0n) is 19.6. The Hall–Kier alpha value is -0.980. The smallest absolute Gasteiger partial charge is 0.265 e. The number of sulfonamides is 1. The van der Waals surface area contributed by atoms with E-state index < -0.39 is 58.2 Å². The van der Waals surface area contributed by atoms with Gasteiger partial charge in [0.05, 0.1) is 10.0 Å². The largest absolute Gasteiger partial charge is 0.341 e. The van der Waals surface area contributed by atoms with E-state index in [0.29, 0.717) is 12.8 Å². The van der Waals surface area contributed by atoms with E-state index in [1.807, 2.05) is 0 Å². The summed E-state index contributed by atoms with van der Waals surface area (Å²) >= 11 is 12.1. The molecule has 0 radical (unpaired) electrons. The molecular formula is C24H29Cl2NO8S. The van der Waals surface area contributed by atoms with Crippen molar-refractivity contribution in [1.29, 1.82) is 0 Å². The Morgan fingerprint density at radius 3 is 2.08 bits per heavy atom. The van der Waals surface area contributed by atoms with Gasteiger partial charge in [-0.3, -0.25) is 4.79 Å². The molecule has 198 valence electrons. The third-order valence-corrected chi connectivity index (χ3v) is 10.1. The molecule has 1 aromatic carbocycles. The number of carbonyl (C=O) groups excluding carboxylic acids is 1. The molecule has 12 heteroatoms. The summed E-state index contributed by atoms with van der Waals surface area (Å²) in [5, 5.41) is -0.111. The summed E-state index contributed by atoms with van der Waals surface area (Å²) in [4.78, 5) is 13.1. The summed E-state index contributed by atoms with van der Waals surface area (Å²) in [7, 11) is -4.34. The van der Waals surface area contributed by atoms with Crippen molar-refractivity contribution in [2.45, 2.75) is 111 Å². The van der Waals surface area contributed by atoms with E-state index in [0.717, 1.165) is 51.4 Å². The number of fused-ring (bicyclic) bond motifs is 3. The Morgan fingerprint density at radius 2 is 1.42 bits per heavy atom. The molecule has 3 heterocycles. The number of rotatable bonds is 3. The third-order valence-electron chi connectivity index (χ3n) is 7.81. The summed E-state index contributed by atoms with van der Waals surface area (Å²) in [6.07, 6.45) is 4.63. The molecule has 6 rings (SSSR count). The van der Waals surface area contributed by atoms with Crippen LogP contribution in [0.4, 0.5) is 0 Å². The number of halogens is 2. The van der Waals surface area contributed by atoms with Crippen LogP contribution in [0.1, 0.15) is 64.2 Å². The fraction of sp³-hybridized carbons (Fsp3) is 0.708. The van der Waals surface area contributed by atoms with Crippen molar-refractivity contribution >= 4 is 39.1 Å². The van der Waals surface area contributed by atoms with Gasteiger partial charge in [-0.25, -0.2) is 13.1 Å². The van der Waals surface area contributed by atoms with Crippen molar-refractivity contribution in [3.05, 3.63) is 28.2 Å². The Morgan fingerprint density at radius 1 is 0.833 bits per heavy atom. The molecule has 5 atom stereocenters. The SMILES string of the molecule is O=C(NS(=O)(=O)c1cccc(Cl)c1Cl)C1OC2OC3(CCCCC3)OC2C2OC3(CCCCC3)OC12. The fourth-order valence-corrected chi connectivity index (χ4v) is 7.86. The first-order valence-corrected chi connectivity index (χ1v) is 14.8. The van der Waals surface area contributed by atoms with Gasteiger partial charge in [0.25, 0.3) is 15.9 Å². The summed E-state index contributed by atoms with van der Waals surface area (Å²) in [6.45, 7) is 0. The van der Waals surface area contributed by atoms with Gasteiger partial charge in [0.2, 0.25) is 0 Å². The summed E-state index contributed by atoms with van der Waals surface area (Å²) < 4.78 is 59.9. The lowest BCUT2D eigenvalue weighted by molar-refractivity contribution is -0.247. The highest BCUT2D eigenvalue weighted by Crippen LogP contribution is 2.51. The second-order valence-corrected chi connectivity index (χ2v) is 12.7. The van der Waals surface area contributed by atoms with Gasteiger partial charge in [-0.05, 0) is 37.8 Å². The van der Waals surface area contributed by atoms with Gasteiger partial charge in [-0.1, -0.05) is 42.1 Å². The zero-order valence-corrected chi connectivity index (χ0v) is 21.9. The fourth-order valence-electron chi connectivity index (χ4n) is 6.11. The lowest BCUT2D eigenvalue weighted by atomic mass is 9.94. The van der Waals surface area contributed by atoms with Crippen LogP contribution in [0.25, 0.3) is 0 Å². The van der Waals surface area contributed by atoms with Crippen molar-refractivity contribution < 1.29 is 36.9 Å². The molecule has 3 aliphatic heterocycles. The monoisotopic (exact) mass is 561 g/mol. The zero-order chi connectivity index (χ0) is 25.1. The lowest BCUT2D eigenvalue weighted by Crippen LogP contribution is -2.60. The van der Waals surface area contributed by atoms with Crippen molar-refractivity contribution in [2.75, 3.05) is 0 Å². The molecule has 5 aliphatic rings. The minimum Gasteiger partial charge on any atom is -0.341 e. The highest BCUT2D eigenvalue weighted by atomic mass is 35.5. The molecule has 3 saturated heterocycles. The van der Waals surface area contributed by atoms with E-state index in [2.05, 4.69) is 4.72 Å². The van der Waals surface area contributed by atoms with Crippen LogP contribution in [-0.4, -0.2) is 56.6 Å². The minimum atomic E-state index is -4.34. The van der Waals surface area contributed by atoms with Gasteiger partial charge in [0.15, 0.2) is 24.0 Å². The summed E-state index contributed by atoms with van der Waals surface area (Å²) in [5.41, 5.74) is 0. The van der Waals surface area contributed by atoms with E-state index in [1.54, 1.807) is 0 Å². The summed E-state index contributed by atoms with van der Waals surface area (Å²) in [6, 6.07) is 4.18. The third kappa shape index (κ3) is 4.37. The van der Waals surface area contributed by atoms with Crippen LogP contribution in [0.2, 0.25) is 10.0 Å². The molecule has 2 spiro atoms. The van der Waals surface area contributed by atoms with Crippen molar-refractivity contribution in [3.8, 4) is 0 Å². The molecule has 2 saturated carbocycles.